The van der Waals surface area contributed by atoms with Crippen LogP contribution in [0, 0.1) is 0 Å². The monoisotopic (exact) mass is 274 g/mol. The summed E-state index contributed by atoms with van der Waals surface area (Å²) < 4.78 is 5.91. The molecule has 0 saturated carbocycles. The van der Waals surface area contributed by atoms with Crippen LogP contribution in [0.1, 0.15) is 18.1 Å². The van der Waals surface area contributed by atoms with E-state index in [0.717, 1.165) is 23.1 Å². The van der Waals surface area contributed by atoms with Gasteiger partial charge in [0.1, 0.15) is 19.7 Å². The molecule has 0 unspecified atom stereocenters. The van der Waals surface area contributed by atoms with Gasteiger partial charge < -0.3 is 9.22 Å². The van der Waals surface area contributed by atoms with Crippen molar-refractivity contribution in [2.24, 2.45) is 0 Å². The van der Waals surface area contributed by atoms with Gasteiger partial charge in [0.25, 0.3) is 0 Å². The Kier molecular flexibility index (Phi) is 5.71. The second-order valence-electron chi connectivity index (χ2n) is 5.68. The lowest BCUT2D eigenvalue weighted by Crippen LogP contribution is -2.41. The Morgan fingerprint density at radius 1 is 1.30 bits per heavy atom. The first-order valence-electron chi connectivity index (χ1n) is 6.70. The van der Waals surface area contributed by atoms with Crippen LogP contribution in [-0.4, -0.2) is 37.7 Å². The van der Waals surface area contributed by atoms with E-state index in [9.17, 15) is 4.79 Å². The molecule has 0 heterocycles. The molecule has 3 nitrogen and oxygen atoms in total. The number of ether oxygens (including phenoxy) is 1. The summed E-state index contributed by atoms with van der Waals surface area (Å²) in [6.07, 6.45) is 1.83. The largest absolute Gasteiger partial charge is 0.456 e. The summed E-state index contributed by atoms with van der Waals surface area (Å²) in [5, 5.41) is 0. The smallest absolute Gasteiger partial charge is 0.333 e. The van der Waals surface area contributed by atoms with Crippen molar-refractivity contribution in [2.45, 2.75) is 13.5 Å². The first-order valence-corrected chi connectivity index (χ1v) is 6.70. The average Bonchev–Trinajstić information content (AvgIpc) is 2.38. The molecule has 0 spiro atoms. The third-order valence-electron chi connectivity index (χ3n) is 3.10. The lowest BCUT2D eigenvalue weighted by Gasteiger charge is -2.29. The van der Waals surface area contributed by atoms with Gasteiger partial charge in [0.05, 0.1) is 14.1 Å². The van der Waals surface area contributed by atoms with Crippen molar-refractivity contribution in [1.82, 2.24) is 0 Å². The number of nitrogens with zero attached hydrogens (tertiary/aromatic N) is 1. The minimum Gasteiger partial charge on any atom is -0.456 e. The zero-order chi connectivity index (χ0) is 15.2. The Labute approximate surface area is 121 Å². The highest BCUT2D eigenvalue weighted by atomic mass is 16.5. The maximum absolute atomic E-state index is 11.3. The zero-order valence-corrected chi connectivity index (χ0v) is 12.7. The minimum absolute atomic E-state index is 0.319. The summed E-state index contributed by atoms with van der Waals surface area (Å²) >= 11 is 0. The number of hydrogen-bond donors (Lipinski definition) is 0. The number of esters is 1. The Morgan fingerprint density at radius 3 is 2.40 bits per heavy atom. The molecule has 0 saturated heterocycles. The molecule has 0 N–H and O–H groups in total. The van der Waals surface area contributed by atoms with Gasteiger partial charge in [-0.25, -0.2) is 4.79 Å². The van der Waals surface area contributed by atoms with Crippen molar-refractivity contribution in [2.75, 3.05) is 27.2 Å². The summed E-state index contributed by atoms with van der Waals surface area (Å²) in [6, 6.07) is 8.33. The van der Waals surface area contributed by atoms with Crippen LogP contribution in [0.25, 0.3) is 6.08 Å². The van der Waals surface area contributed by atoms with Crippen LogP contribution in [0.4, 0.5) is 0 Å². The van der Waals surface area contributed by atoms with Crippen LogP contribution < -0.4 is 0 Å². The predicted molar refractivity (Wildman–Crippen MR) is 83.0 cm³/mol. The molecule has 0 bridgehead atoms. The second kappa shape index (κ2) is 7.06. The van der Waals surface area contributed by atoms with Gasteiger partial charge >= 0.3 is 5.97 Å². The molecule has 0 radical (unpaired) electrons. The fraction of sp³-hybridized carbons (Fsp3) is 0.353. The fourth-order valence-corrected chi connectivity index (χ4v) is 1.84. The van der Waals surface area contributed by atoms with Crippen LogP contribution in [0.15, 0.2) is 43.0 Å². The SMILES string of the molecule is C=Cc1ccc(C[N+](C)(C)CCOC(=O)C(=C)C)cc1. The van der Waals surface area contributed by atoms with Crippen LogP contribution in [0.2, 0.25) is 0 Å². The highest BCUT2D eigenvalue weighted by Crippen LogP contribution is 2.11. The molecular formula is C17H24NO2+. The number of carbonyl (C=O) groups excluding carboxylic acids is 1. The Morgan fingerprint density at radius 2 is 1.90 bits per heavy atom. The van der Waals surface area contributed by atoms with E-state index in [-0.39, 0.29) is 5.97 Å². The van der Waals surface area contributed by atoms with Gasteiger partial charge in [-0.2, -0.15) is 0 Å². The first-order chi connectivity index (χ1) is 9.34. The lowest BCUT2D eigenvalue weighted by molar-refractivity contribution is -0.903. The average molecular weight is 274 g/mol. The molecule has 3 heteroatoms. The number of quaternary nitrogens is 1. The molecule has 20 heavy (non-hydrogen) atoms. The van der Waals surface area contributed by atoms with Gasteiger partial charge in [0.2, 0.25) is 0 Å². The number of hydrogen-bond acceptors (Lipinski definition) is 2. The molecule has 0 fully saturated rings. The van der Waals surface area contributed by atoms with Crippen LogP contribution >= 0.6 is 0 Å². The van der Waals surface area contributed by atoms with Crippen LogP contribution in [0.3, 0.4) is 0 Å². The number of rotatable bonds is 7. The molecule has 0 aliphatic carbocycles. The van der Waals surface area contributed by atoms with Gasteiger partial charge in [-0.1, -0.05) is 43.5 Å². The van der Waals surface area contributed by atoms with Crippen molar-refractivity contribution in [3.8, 4) is 0 Å². The summed E-state index contributed by atoms with van der Waals surface area (Å²) in [5.74, 6) is -0.319. The van der Waals surface area contributed by atoms with E-state index in [2.05, 4.69) is 51.5 Å². The summed E-state index contributed by atoms with van der Waals surface area (Å²) in [7, 11) is 4.24. The molecule has 1 aromatic rings. The Balaban J connectivity index is 2.49. The molecular weight excluding hydrogens is 250 g/mol. The quantitative estimate of drug-likeness (QED) is 0.434. The summed E-state index contributed by atoms with van der Waals surface area (Å²) in [5.41, 5.74) is 2.82. The number of carbonyl (C=O) groups is 1. The normalized spacial score (nSPS) is 10.9. The molecule has 0 amide bonds. The standard InChI is InChI=1S/C17H24NO2/c1-6-15-7-9-16(10-8-15)13-18(4,5)11-12-20-17(19)14(2)3/h6-10H,1-2,11-13H2,3-5H3/q+1. The molecule has 0 aliphatic heterocycles. The van der Waals surface area contributed by atoms with Crippen LogP contribution in [-0.2, 0) is 16.1 Å². The highest BCUT2D eigenvalue weighted by molar-refractivity contribution is 5.86. The van der Waals surface area contributed by atoms with Crippen molar-refractivity contribution in [3.63, 3.8) is 0 Å². The summed E-state index contributed by atoms with van der Waals surface area (Å²) in [4.78, 5) is 11.3. The summed E-state index contributed by atoms with van der Waals surface area (Å²) in [6.45, 7) is 11.0. The van der Waals surface area contributed by atoms with Crippen molar-refractivity contribution >= 4 is 12.0 Å². The Bertz CT molecular complexity index is 486. The molecule has 0 aliphatic rings. The zero-order valence-electron chi connectivity index (χ0n) is 12.7. The van der Waals surface area contributed by atoms with E-state index in [0.29, 0.717) is 12.2 Å². The Hall–Kier alpha value is -1.87. The van der Waals surface area contributed by atoms with Crippen molar-refractivity contribution in [3.05, 3.63) is 54.1 Å². The van der Waals surface area contributed by atoms with E-state index >= 15 is 0 Å². The molecule has 1 aromatic carbocycles. The van der Waals surface area contributed by atoms with Gasteiger partial charge in [-0.05, 0) is 12.5 Å². The second-order valence-corrected chi connectivity index (χ2v) is 5.68. The number of likely N-dealkylation sites (N-methyl/N-ethyl adjacent to an activating group) is 1. The highest BCUT2D eigenvalue weighted by Gasteiger charge is 2.16. The van der Waals surface area contributed by atoms with E-state index in [1.165, 1.54) is 5.56 Å². The van der Waals surface area contributed by atoms with Crippen LogP contribution in [0.5, 0.6) is 0 Å². The molecule has 0 atom stereocenters. The van der Waals surface area contributed by atoms with Gasteiger partial charge in [-0.3, -0.25) is 0 Å². The minimum atomic E-state index is -0.319. The van der Waals surface area contributed by atoms with E-state index < -0.39 is 0 Å². The van der Waals surface area contributed by atoms with Gasteiger partial charge in [0.15, 0.2) is 0 Å². The third kappa shape index (κ3) is 5.41. The van der Waals surface area contributed by atoms with Crippen molar-refractivity contribution in [1.29, 1.82) is 0 Å². The molecule has 0 aromatic heterocycles. The van der Waals surface area contributed by atoms with E-state index in [1.54, 1.807) is 6.92 Å². The maximum atomic E-state index is 11.3. The van der Waals surface area contributed by atoms with E-state index in [1.807, 2.05) is 6.08 Å². The molecule has 108 valence electrons. The van der Waals surface area contributed by atoms with E-state index in [4.69, 9.17) is 4.74 Å². The topological polar surface area (TPSA) is 26.3 Å². The van der Waals surface area contributed by atoms with Crippen molar-refractivity contribution < 1.29 is 14.0 Å². The fourth-order valence-electron chi connectivity index (χ4n) is 1.84. The maximum Gasteiger partial charge on any atom is 0.333 e. The lowest BCUT2D eigenvalue weighted by atomic mass is 10.1. The third-order valence-corrected chi connectivity index (χ3v) is 3.10. The predicted octanol–water partition coefficient (Wildman–Crippen LogP) is 3.03. The molecule has 1 rings (SSSR count). The number of benzene rings is 1. The van der Waals surface area contributed by atoms with Gasteiger partial charge in [0, 0.05) is 11.1 Å². The van der Waals surface area contributed by atoms with Gasteiger partial charge in [-0.15, -0.1) is 0 Å². The first kappa shape index (κ1) is 16.2.